The lowest BCUT2D eigenvalue weighted by Gasteiger charge is -2.18. The van der Waals surface area contributed by atoms with Crippen LogP contribution in [0.5, 0.6) is 0 Å². The Hall–Kier alpha value is -1.98. The van der Waals surface area contributed by atoms with E-state index in [0.717, 1.165) is 11.6 Å². The minimum Gasteiger partial charge on any atom is -0.391 e. The fourth-order valence-electron chi connectivity index (χ4n) is 1.82. The van der Waals surface area contributed by atoms with Gasteiger partial charge in [-0.15, -0.1) is 0 Å². The number of amides is 1. The lowest BCUT2D eigenvalue weighted by atomic mass is 10.1. The highest BCUT2D eigenvalue weighted by atomic mass is 35.5. The molecule has 1 unspecified atom stereocenters. The molecule has 0 fully saturated rings. The monoisotopic (exact) mass is 322 g/mol. The first-order chi connectivity index (χ1) is 9.99. The van der Waals surface area contributed by atoms with Gasteiger partial charge in [-0.2, -0.15) is 0 Å². The van der Waals surface area contributed by atoms with Crippen molar-refractivity contribution < 1.29 is 9.18 Å². The summed E-state index contributed by atoms with van der Waals surface area (Å²) in [6, 6.07) is 12.2. The Labute approximate surface area is 131 Å². The molecule has 0 saturated heterocycles. The molecule has 21 heavy (non-hydrogen) atoms. The van der Waals surface area contributed by atoms with Gasteiger partial charge in [-0.25, -0.2) is 4.39 Å². The largest absolute Gasteiger partial charge is 0.391 e. The molecule has 2 aromatic rings. The first-order valence-electron chi connectivity index (χ1n) is 6.09. The molecule has 0 radical (unpaired) electrons. The maximum atomic E-state index is 13.1. The van der Waals surface area contributed by atoms with Gasteiger partial charge >= 0.3 is 0 Å². The Morgan fingerprint density at radius 3 is 2.48 bits per heavy atom. The van der Waals surface area contributed by atoms with Crippen LogP contribution >= 0.6 is 23.8 Å². The molecule has 3 nitrogen and oxygen atoms in total. The molecule has 0 aromatic heterocycles. The van der Waals surface area contributed by atoms with E-state index < -0.39 is 17.8 Å². The second-order valence-electron chi connectivity index (χ2n) is 4.35. The van der Waals surface area contributed by atoms with Crippen LogP contribution in [0.3, 0.4) is 0 Å². The van der Waals surface area contributed by atoms with Gasteiger partial charge in [0.2, 0.25) is 0 Å². The van der Waals surface area contributed by atoms with Gasteiger partial charge in [0.25, 0.3) is 5.91 Å². The summed E-state index contributed by atoms with van der Waals surface area (Å²) in [6.45, 7) is 0. The van der Waals surface area contributed by atoms with Crippen molar-refractivity contribution in [3.8, 4) is 0 Å². The molecule has 2 aromatic carbocycles. The maximum absolute atomic E-state index is 13.1. The summed E-state index contributed by atoms with van der Waals surface area (Å²) in [5, 5.41) is 2.59. The normalized spacial score (nSPS) is 11.7. The summed E-state index contributed by atoms with van der Waals surface area (Å²) in [6.07, 6.45) is 0. The van der Waals surface area contributed by atoms with Gasteiger partial charge in [0, 0.05) is 5.56 Å². The Kier molecular flexibility index (Phi) is 4.88. The third-order valence-electron chi connectivity index (χ3n) is 2.87. The zero-order valence-corrected chi connectivity index (χ0v) is 12.4. The summed E-state index contributed by atoms with van der Waals surface area (Å²) in [5.41, 5.74) is 6.68. The van der Waals surface area contributed by atoms with Gasteiger partial charge in [0.05, 0.1) is 5.02 Å². The third kappa shape index (κ3) is 3.77. The van der Waals surface area contributed by atoms with Gasteiger partial charge in [-0.1, -0.05) is 54.2 Å². The SMILES string of the molecule is NC(=S)C(NC(=O)c1ccc(F)c(Cl)c1)c1ccccc1. The summed E-state index contributed by atoms with van der Waals surface area (Å²) in [7, 11) is 0. The molecular weight excluding hydrogens is 311 g/mol. The zero-order valence-electron chi connectivity index (χ0n) is 10.8. The second-order valence-corrected chi connectivity index (χ2v) is 5.23. The van der Waals surface area contributed by atoms with Crippen LogP contribution in [0.4, 0.5) is 4.39 Å². The first-order valence-corrected chi connectivity index (χ1v) is 6.88. The quantitative estimate of drug-likeness (QED) is 0.850. The van der Waals surface area contributed by atoms with Crippen molar-refractivity contribution in [2.45, 2.75) is 6.04 Å². The molecule has 3 N–H and O–H groups in total. The number of carbonyl (C=O) groups excluding carboxylic acids is 1. The minimum absolute atomic E-state index is 0.116. The molecule has 2 rings (SSSR count). The molecule has 0 bridgehead atoms. The second kappa shape index (κ2) is 6.65. The van der Waals surface area contributed by atoms with E-state index in [1.807, 2.05) is 30.3 Å². The van der Waals surface area contributed by atoms with Gasteiger partial charge in [-0.05, 0) is 23.8 Å². The van der Waals surface area contributed by atoms with Crippen LogP contribution in [-0.4, -0.2) is 10.9 Å². The molecule has 108 valence electrons. The van der Waals surface area contributed by atoms with E-state index in [0.29, 0.717) is 0 Å². The van der Waals surface area contributed by atoms with Gasteiger partial charge in [-0.3, -0.25) is 4.79 Å². The van der Waals surface area contributed by atoms with E-state index in [1.54, 1.807) is 0 Å². The standard InChI is InChI=1S/C15H12ClFN2OS/c16-11-8-10(6-7-12(11)17)15(20)19-13(14(18)21)9-4-2-1-3-5-9/h1-8,13H,(H2,18,21)(H,19,20). The Morgan fingerprint density at radius 2 is 1.90 bits per heavy atom. The van der Waals surface area contributed by atoms with Gasteiger partial charge < -0.3 is 11.1 Å². The fraction of sp³-hybridized carbons (Fsp3) is 0.0667. The number of carbonyl (C=O) groups is 1. The van der Waals surface area contributed by atoms with Crippen LogP contribution in [0.1, 0.15) is 22.0 Å². The van der Waals surface area contributed by atoms with Crippen molar-refractivity contribution in [1.29, 1.82) is 0 Å². The summed E-state index contributed by atoms with van der Waals surface area (Å²) in [5.74, 6) is -1.01. The highest BCUT2D eigenvalue weighted by molar-refractivity contribution is 7.80. The van der Waals surface area contributed by atoms with Crippen LogP contribution < -0.4 is 11.1 Å². The first kappa shape index (κ1) is 15.4. The van der Waals surface area contributed by atoms with Crippen molar-refractivity contribution in [3.63, 3.8) is 0 Å². The number of benzene rings is 2. The number of nitrogens with two attached hydrogens (primary N) is 1. The lowest BCUT2D eigenvalue weighted by Crippen LogP contribution is -2.36. The Morgan fingerprint density at radius 1 is 1.24 bits per heavy atom. The maximum Gasteiger partial charge on any atom is 0.252 e. The number of halogens is 2. The number of hydrogen-bond acceptors (Lipinski definition) is 2. The molecule has 1 amide bonds. The predicted molar refractivity (Wildman–Crippen MR) is 84.8 cm³/mol. The van der Waals surface area contributed by atoms with E-state index in [-0.39, 0.29) is 15.6 Å². The minimum atomic E-state index is -0.600. The van der Waals surface area contributed by atoms with E-state index >= 15 is 0 Å². The number of rotatable bonds is 4. The Balaban J connectivity index is 2.23. The van der Waals surface area contributed by atoms with Crippen LogP contribution in [-0.2, 0) is 0 Å². The third-order valence-corrected chi connectivity index (χ3v) is 3.40. The zero-order chi connectivity index (χ0) is 15.4. The van der Waals surface area contributed by atoms with Crippen molar-refractivity contribution in [1.82, 2.24) is 5.32 Å². The van der Waals surface area contributed by atoms with Crippen LogP contribution in [0.2, 0.25) is 5.02 Å². The van der Waals surface area contributed by atoms with Crippen molar-refractivity contribution in [2.24, 2.45) is 5.73 Å². The molecule has 1 atom stereocenters. The fourth-order valence-corrected chi connectivity index (χ4v) is 2.19. The highest BCUT2D eigenvalue weighted by Crippen LogP contribution is 2.18. The van der Waals surface area contributed by atoms with E-state index in [9.17, 15) is 9.18 Å². The van der Waals surface area contributed by atoms with Crippen molar-refractivity contribution in [2.75, 3.05) is 0 Å². The van der Waals surface area contributed by atoms with E-state index in [4.69, 9.17) is 29.6 Å². The molecule has 0 aliphatic heterocycles. The predicted octanol–water partition coefficient (Wildman–Crippen LogP) is 3.24. The molecule has 6 heteroatoms. The molecule has 0 aliphatic carbocycles. The molecule has 0 heterocycles. The average Bonchev–Trinajstić information content (AvgIpc) is 2.48. The van der Waals surface area contributed by atoms with Crippen LogP contribution in [0.15, 0.2) is 48.5 Å². The highest BCUT2D eigenvalue weighted by Gasteiger charge is 2.18. The van der Waals surface area contributed by atoms with E-state index in [2.05, 4.69) is 5.32 Å². The van der Waals surface area contributed by atoms with Crippen LogP contribution in [0.25, 0.3) is 0 Å². The molecular formula is C15H12ClFN2OS. The number of nitrogens with one attached hydrogen (secondary N) is 1. The molecule has 0 saturated carbocycles. The Bertz CT molecular complexity index is 679. The van der Waals surface area contributed by atoms with Crippen molar-refractivity contribution in [3.05, 3.63) is 70.5 Å². The van der Waals surface area contributed by atoms with Crippen LogP contribution in [0, 0.1) is 5.82 Å². The van der Waals surface area contributed by atoms with E-state index in [1.165, 1.54) is 12.1 Å². The van der Waals surface area contributed by atoms with Gasteiger partial charge in [0.1, 0.15) is 16.8 Å². The van der Waals surface area contributed by atoms with Gasteiger partial charge in [0.15, 0.2) is 0 Å². The smallest absolute Gasteiger partial charge is 0.252 e. The lowest BCUT2D eigenvalue weighted by molar-refractivity contribution is 0.0947. The number of thiocarbonyl (C=S) groups is 1. The summed E-state index contributed by atoms with van der Waals surface area (Å²) in [4.78, 5) is 12.3. The topological polar surface area (TPSA) is 55.1 Å². The summed E-state index contributed by atoms with van der Waals surface area (Å²) < 4.78 is 13.1. The average molecular weight is 323 g/mol. The molecule has 0 aliphatic rings. The number of hydrogen-bond donors (Lipinski definition) is 2. The van der Waals surface area contributed by atoms with Crippen molar-refractivity contribution >= 4 is 34.7 Å². The molecule has 0 spiro atoms. The summed E-state index contributed by atoms with van der Waals surface area (Å²) >= 11 is 10.7.